The molecule has 2 rings (SSSR count). The fourth-order valence-electron chi connectivity index (χ4n) is 1.71. The summed E-state index contributed by atoms with van der Waals surface area (Å²) in [5.41, 5.74) is 2.60. The second-order valence-corrected chi connectivity index (χ2v) is 17.9. The van der Waals surface area contributed by atoms with Crippen molar-refractivity contribution in [2.24, 2.45) is 0 Å². The molecule has 0 bridgehead atoms. The molecule has 17 heavy (non-hydrogen) atoms. The second kappa shape index (κ2) is 5.95. The number of benzene rings is 2. The molecule has 0 nitrogen and oxygen atoms in total. The first-order valence-electron chi connectivity index (χ1n) is 5.44. The molecule has 0 aromatic heterocycles. The van der Waals surface area contributed by atoms with E-state index in [4.69, 9.17) is 19.6 Å². The van der Waals surface area contributed by atoms with E-state index >= 15 is 0 Å². The van der Waals surface area contributed by atoms with Gasteiger partial charge in [0.25, 0.3) is 0 Å². The van der Waals surface area contributed by atoms with Gasteiger partial charge in [-0.1, -0.05) is 0 Å². The maximum absolute atomic E-state index is 5.71. The fraction of sp³-hybridized carbons (Fsp3) is 0.143. The van der Waals surface area contributed by atoms with E-state index in [-0.39, 0.29) is 0 Å². The molecule has 0 N–H and O–H groups in total. The molecule has 0 aliphatic heterocycles. The summed E-state index contributed by atoms with van der Waals surface area (Å²) < 4.78 is 0. The summed E-state index contributed by atoms with van der Waals surface area (Å²) in [5.74, 6) is 0. The van der Waals surface area contributed by atoms with E-state index in [1.165, 1.54) is 11.1 Å². The van der Waals surface area contributed by atoms with Crippen LogP contribution < -0.4 is 0 Å². The standard InChI is InChI=1S/2C7H7.Mo.2S/c2*1-7-5-3-2-4-6-7;;;/h2*2-6H,1H2;;;. The first-order valence-corrected chi connectivity index (χ1v) is 13.9. The normalized spacial score (nSPS) is 11.3. The fourth-order valence-corrected chi connectivity index (χ4v) is 8.62. The van der Waals surface area contributed by atoms with Gasteiger partial charge in [-0.3, -0.25) is 0 Å². The van der Waals surface area contributed by atoms with Gasteiger partial charge in [-0.05, 0) is 0 Å². The summed E-state index contributed by atoms with van der Waals surface area (Å²) in [6, 6.07) is 20.8. The van der Waals surface area contributed by atoms with Crippen LogP contribution in [0, 0.1) is 0 Å². The maximum atomic E-state index is 5.71. The molecule has 0 radical (unpaired) electrons. The van der Waals surface area contributed by atoms with Crippen LogP contribution in [0.2, 0.25) is 0 Å². The van der Waals surface area contributed by atoms with Gasteiger partial charge in [0, 0.05) is 0 Å². The Kier molecular flexibility index (Phi) is 4.55. The van der Waals surface area contributed by atoms with Crippen molar-refractivity contribution in [3.8, 4) is 0 Å². The summed E-state index contributed by atoms with van der Waals surface area (Å²) in [4.78, 5) is 1.89. The van der Waals surface area contributed by atoms with E-state index in [0.717, 1.165) is 9.62 Å². The third-order valence-corrected chi connectivity index (χ3v) is 9.05. The zero-order valence-electron chi connectivity index (χ0n) is 9.41. The Balaban J connectivity index is 2.11. The molecular weight excluding hydrogens is 328 g/mol. The molecule has 0 amide bonds. The summed E-state index contributed by atoms with van der Waals surface area (Å²) in [5, 5.41) is 0. The van der Waals surface area contributed by atoms with E-state index in [0.29, 0.717) is 0 Å². The summed E-state index contributed by atoms with van der Waals surface area (Å²) in [7, 11) is 11.4. The van der Waals surface area contributed by atoms with Crippen LogP contribution in [0.5, 0.6) is 0 Å². The topological polar surface area (TPSA) is 0 Å². The average molecular weight is 342 g/mol. The Hall–Kier alpha value is -0.432. The zero-order valence-corrected chi connectivity index (χ0v) is 13.1. The quantitative estimate of drug-likeness (QED) is 0.735. The third-order valence-electron chi connectivity index (χ3n) is 2.46. The van der Waals surface area contributed by atoms with Crippen LogP contribution in [-0.2, 0) is 22.0 Å². The molecule has 0 aliphatic carbocycles. The Morgan fingerprint density at radius 2 is 1.00 bits per heavy atom. The molecule has 88 valence electrons. The van der Waals surface area contributed by atoms with Crippen LogP contribution in [0.1, 0.15) is 11.1 Å². The van der Waals surface area contributed by atoms with Crippen LogP contribution in [-0.4, -0.2) is 0 Å². The van der Waals surface area contributed by atoms with E-state index in [9.17, 15) is 0 Å². The van der Waals surface area contributed by atoms with Gasteiger partial charge in [-0.15, -0.1) is 0 Å². The van der Waals surface area contributed by atoms with Crippen molar-refractivity contribution < 1.29 is 12.4 Å². The van der Waals surface area contributed by atoms with Crippen LogP contribution in [0.25, 0.3) is 0 Å². The van der Waals surface area contributed by atoms with Crippen molar-refractivity contribution in [1.82, 2.24) is 0 Å². The number of rotatable bonds is 4. The van der Waals surface area contributed by atoms with Crippen molar-refractivity contribution in [3.05, 3.63) is 71.8 Å². The van der Waals surface area contributed by atoms with Crippen LogP contribution >= 0.6 is 19.6 Å². The van der Waals surface area contributed by atoms with Crippen molar-refractivity contribution in [3.63, 3.8) is 0 Å². The molecule has 0 spiro atoms. The summed E-state index contributed by atoms with van der Waals surface area (Å²) in [6.45, 7) is 0. The first kappa shape index (κ1) is 13.0. The van der Waals surface area contributed by atoms with Gasteiger partial charge in [-0.2, -0.15) is 0 Å². The molecular formula is C14H14MoS2. The van der Waals surface area contributed by atoms with Crippen LogP contribution in [0.15, 0.2) is 60.7 Å². The molecule has 0 aliphatic rings. The Morgan fingerprint density at radius 3 is 1.35 bits per heavy atom. The average Bonchev–Trinajstić information content (AvgIpc) is 2.30. The Labute approximate surface area is 113 Å². The molecule has 0 saturated carbocycles. The van der Waals surface area contributed by atoms with Crippen molar-refractivity contribution in [1.29, 1.82) is 0 Å². The number of hydrogen-bond donors (Lipinski definition) is 0. The monoisotopic (exact) mass is 344 g/mol. The van der Waals surface area contributed by atoms with Crippen molar-refractivity contribution in [2.45, 2.75) is 9.62 Å². The summed E-state index contributed by atoms with van der Waals surface area (Å²) >= 11 is -2.57. The number of hydrogen-bond acceptors (Lipinski definition) is 2. The molecule has 0 saturated heterocycles. The van der Waals surface area contributed by atoms with Crippen LogP contribution in [0.4, 0.5) is 0 Å². The third kappa shape index (κ3) is 4.38. The molecule has 2 aromatic carbocycles. The molecule has 0 atom stereocenters. The summed E-state index contributed by atoms with van der Waals surface area (Å²) in [6.07, 6.45) is 0. The minimum atomic E-state index is -2.57. The Morgan fingerprint density at radius 1 is 0.647 bits per heavy atom. The molecule has 0 unspecified atom stereocenters. The van der Waals surface area contributed by atoms with E-state index in [2.05, 4.69) is 48.5 Å². The van der Waals surface area contributed by atoms with Gasteiger partial charge in [0.15, 0.2) is 0 Å². The van der Waals surface area contributed by atoms with Gasteiger partial charge in [0.05, 0.1) is 0 Å². The van der Waals surface area contributed by atoms with Gasteiger partial charge < -0.3 is 0 Å². The van der Waals surface area contributed by atoms with Gasteiger partial charge >= 0.3 is 113 Å². The van der Waals surface area contributed by atoms with Crippen molar-refractivity contribution >= 4 is 19.6 Å². The molecule has 2 aromatic rings. The van der Waals surface area contributed by atoms with Gasteiger partial charge in [-0.25, -0.2) is 0 Å². The minimum absolute atomic E-state index is 0.947. The van der Waals surface area contributed by atoms with Gasteiger partial charge in [0.2, 0.25) is 0 Å². The molecule has 3 heteroatoms. The second-order valence-electron chi connectivity index (χ2n) is 4.00. The van der Waals surface area contributed by atoms with E-state index < -0.39 is 12.4 Å². The van der Waals surface area contributed by atoms with E-state index in [1.54, 1.807) is 0 Å². The molecule has 0 heterocycles. The predicted molar refractivity (Wildman–Crippen MR) is 75.5 cm³/mol. The Bertz CT molecular complexity index is 512. The van der Waals surface area contributed by atoms with Crippen LogP contribution in [0.3, 0.4) is 0 Å². The van der Waals surface area contributed by atoms with Crippen molar-refractivity contribution in [2.75, 3.05) is 0 Å². The van der Waals surface area contributed by atoms with Gasteiger partial charge in [0.1, 0.15) is 0 Å². The predicted octanol–water partition coefficient (Wildman–Crippen LogP) is 4.77. The van der Waals surface area contributed by atoms with E-state index in [1.807, 2.05) is 12.1 Å². The first-order chi connectivity index (χ1) is 8.16. The molecule has 0 fully saturated rings. The SMILES string of the molecule is [S]=[Mo](=[S])([CH2]c1ccccc1)[CH2]c1ccccc1. The zero-order chi connectivity index (χ0) is 12.1.